The van der Waals surface area contributed by atoms with Crippen LogP contribution in [0.15, 0.2) is 22.6 Å². The van der Waals surface area contributed by atoms with Gasteiger partial charge in [0.1, 0.15) is 5.58 Å². The van der Waals surface area contributed by atoms with Gasteiger partial charge in [-0.2, -0.15) is 0 Å². The van der Waals surface area contributed by atoms with Crippen LogP contribution in [0.3, 0.4) is 0 Å². The van der Waals surface area contributed by atoms with E-state index in [1.54, 1.807) is 11.3 Å². The van der Waals surface area contributed by atoms with Crippen LogP contribution < -0.4 is 5.32 Å². The Morgan fingerprint density at radius 2 is 2.21 bits per heavy atom. The smallest absolute Gasteiger partial charge is 0.293 e. The highest BCUT2D eigenvalue weighted by molar-refractivity contribution is 7.15. The molecule has 0 saturated carbocycles. The normalized spacial score (nSPS) is 17.0. The van der Waals surface area contributed by atoms with Crippen LogP contribution in [0, 0.1) is 19.8 Å². The molecule has 124 valence electrons. The Hall–Kier alpha value is -2.14. The van der Waals surface area contributed by atoms with E-state index in [0.29, 0.717) is 16.8 Å². The lowest BCUT2D eigenvalue weighted by atomic mass is 9.93. The fraction of sp³-hybridized carbons (Fsp3) is 0.368. The van der Waals surface area contributed by atoms with Crippen molar-refractivity contribution in [3.05, 3.63) is 45.7 Å². The quantitative estimate of drug-likeness (QED) is 0.723. The van der Waals surface area contributed by atoms with Crippen molar-refractivity contribution in [3.8, 4) is 0 Å². The summed E-state index contributed by atoms with van der Waals surface area (Å²) < 4.78 is 5.77. The fourth-order valence-electron chi connectivity index (χ4n) is 3.30. The second-order valence-electron chi connectivity index (χ2n) is 6.75. The van der Waals surface area contributed by atoms with E-state index in [1.165, 1.54) is 11.3 Å². The molecule has 1 aliphatic carbocycles. The van der Waals surface area contributed by atoms with Crippen LogP contribution in [0.4, 0.5) is 5.13 Å². The number of nitrogens with zero attached hydrogens (tertiary/aromatic N) is 1. The molecule has 0 aliphatic heterocycles. The number of aryl methyl sites for hydroxylation is 3. The molecule has 1 N–H and O–H groups in total. The third kappa shape index (κ3) is 2.63. The maximum Gasteiger partial charge on any atom is 0.293 e. The first-order chi connectivity index (χ1) is 11.5. The van der Waals surface area contributed by atoms with Gasteiger partial charge in [-0.25, -0.2) is 4.98 Å². The second-order valence-corrected chi connectivity index (χ2v) is 7.83. The fourth-order valence-corrected chi connectivity index (χ4v) is 4.46. The molecule has 0 fully saturated rings. The molecule has 5 heteroatoms. The molecule has 1 atom stereocenters. The molecule has 0 saturated heterocycles. The largest absolute Gasteiger partial charge is 0.451 e. The van der Waals surface area contributed by atoms with Crippen LogP contribution in [0.1, 0.15) is 45.6 Å². The van der Waals surface area contributed by atoms with Gasteiger partial charge in [-0.15, -0.1) is 11.3 Å². The summed E-state index contributed by atoms with van der Waals surface area (Å²) in [6.45, 7) is 6.22. The lowest BCUT2D eigenvalue weighted by Gasteiger charge is -2.15. The summed E-state index contributed by atoms with van der Waals surface area (Å²) in [5.41, 5.74) is 3.92. The van der Waals surface area contributed by atoms with Crippen LogP contribution >= 0.6 is 11.3 Å². The molecule has 1 aliphatic rings. The van der Waals surface area contributed by atoms with Crippen LogP contribution in [-0.2, 0) is 12.8 Å². The Balaban J connectivity index is 1.62. The second kappa shape index (κ2) is 5.74. The molecule has 2 heterocycles. The van der Waals surface area contributed by atoms with Gasteiger partial charge in [0.05, 0.1) is 5.69 Å². The van der Waals surface area contributed by atoms with Crippen molar-refractivity contribution in [2.24, 2.45) is 5.92 Å². The van der Waals surface area contributed by atoms with Crippen molar-refractivity contribution in [3.63, 3.8) is 0 Å². The lowest BCUT2D eigenvalue weighted by molar-refractivity contribution is 0.0998. The molecule has 1 aromatic carbocycles. The maximum absolute atomic E-state index is 12.6. The minimum Gasteiger partial charge on any atom is -0.451 e. The summed E-state index contributed by atoms with van der Waals surface area (Å²) in [5, 5.41) is 4.59. The first-order valence-electron chi connectivity index (χ1n) is 8.31. The maximum atomic E-state index is 12.6. The van der Waals surface area contributed by atoms with Gasteiger partial charge >= 0.3 is 0 Å². The van der Waals surface area contributed by atoms with E-state index < -0.39 is 0 Å². The van der Waals surface area contributed by atoms with Gasteiger partial charge in [-0.1, -0.05) is 18.6 Å². The zero-order chi connectivity index (χ0) is 16.8. The molecule has 0 radical (unpaired) electrons. The molecule has 2 aromatic heterocycles. The topological polar surface area (TPSA) is 55.1 Å². The number of rotatable bonds is 2. The first-order valence-corrected chi connectivity index (χ1v) is 9.12. The van der Waals surface area contributed by atoms with Crippen molar-refractivity contribution in [2.45, 2.75) is 40.0 Å². The van der Waals surface area contributed by atoms with E-state index in [-0.39, 0.29) is 5.91 Å². The van der Waals surface area contributed by atoms with Gasteiger partial charge in [0.15, 0.2) is 10.9 Å². The molecule has 0 bridgehead atoms. The minimum atomic E-state index is -0.222. The molecule has 0 unspecified atom stereocenters. The summed E-state index contributed by atoms with van der Waals surface area (Å²) in [6.07, 6.45) is 3.24. The predicted octanol–water partition coefficient (Wildman–Crippen LogP) is 4.88. The zero-order valence-electron chi connectivity index (χ0n) is 14.1. The lowest BCUT2D eigenvalue weighted by Crippen LogP contribution is -2.12. The molecule has 4 rings (SSSR count). The molecule has 0 spiro atoms. The summed E-state index contributed by atoms with van der Waals surface area (Å²) in [4.78, 5) is 18.5. The summed E-state index contributed by atoms with van der Waals surface area (Å²) >= 11 is 1.59. The van der Waals surface area contributed by atoms with Crippen LogP contribution in [0.25, 0.3) is 11.0 Å². The number of fused-ring (bicyclic) bond motifs is 2. The number of hydrogen-bond donors (Lipinski definition) is 1. The highest BCUT2D eigenvalue weighted by atomic mass is 32.1. The molecular weight excluding hydrogens is 320 g/mol. The number of nitrogens with one attached hydrogen (secondary N) is 1. The van der Waals surface area contributed by atoms with Crippen molar-refractivity contribution in [2.75, 3.05) is 5.32 Å². The molecule has 4 nitrogen and oxygen atoms in total. The Labute approximate surface area is 144 Å². The van der Waals surface area contributed by atoms with E-state index in [2.05, 4.69) is 23.3 Å². The van der Waals surface area contributed by atoms with Crippen molar-refractivity contribution in [1.82, 2.24) is 4.98 Å². The Kier molecular flexibility index (Phi) is 3.68. The Morgan fingerprint density at radius 3 is 3.04 bits per heavy atom. The van der Waals surface area contributed by atoms with Crippen molar-refractivity contribution in [1.29, 1.82) is 0 Å². The summed E-state index contributed by atoms with van der Waals surface area (Å²) in [7, 11) is 0. The van der Waals surface area contributed by atoms with E-state index in [0.717, 1.165) is 40.6 Å². The number of benzene rings is 1. The number of anilines is 1. The third-order valence-electron chi connectivity index (χ3n) is 4.70. The van der Waals surface area contributed by atoms with Gasteiger partial charge in [0, 0.05) is 15.8 Å². The monoisotopic (exact) mass is 340 g/mol. The van der Waals surface area contributed by atoms with Crippen LogP contribution in [0.2, 0.25) is 0 Å². The number of aromatic nitrogens is 1. The number of carbonyl (C=O) groups is 1. The van der Waals surface area contributed by atoms with Gasteiger partial charge in [0.2, 0.25) is 0 Å². The minimum absolute atomic E-state index is 0.222. The number of amides is 1. The van der Waals surface area contributed by atoms with Crippen LogP contribution in [-0.4, -0.2) is 10.9 Å². The number of thiazole rings is 1. The summed E-state index contributed by atoms with van der Waals surface area (Å²) in [5.74, 6) is 0.847. The van der Waals surface area contributed by atoms with Crippen molar-refractivity contribution >= 4 is 33.3 Å². The van der Waals surface area contributed by atoms with Gasteiger partial charge in [-0.05, 0) is 51.2 Å². The molecule has 1 amide bonds. The zero-order valence-corrected chi connectivity index (χ0v) is 14.9. The number of carbonyl (C=O) groups excluding carboxylic acids is 1. The number of hydrogen-bond acceptors (Lipinski definition) is 4. The molecular formula is C19H20N2O2S. The Bertz CT molecular complexity index is 938. The summed E-state index contributed by atoms with van der Waals surface area (Å²) in [6, 6.07) is 5.95. The van der Waals surface area contributed by atoms with E-state index in [9.17, 15) is 4.79 Å². The highest BCUT2D eigenvalue weighted by Gasteiger charge is 2.23. The SMILES string of the molecule is Cc1ccc2oc(C(=O)Nc3nc4c(s3)C[C@H](C)CC4)c(C)c2c1. The van der Waals surface area contributed by atoms with Crippen LogP contribution in [0.5, 0.6) is 0 Å². The van der Waals surface area contributed by atoms with E-state index in [4.69, 9.17) is 4.42 Å². The van der Waals surface area contributed by atoms with E-state index >= 15 is 0 Å². The standard InChI is InChI=1S/C19H20N2O2S/c1-10-5-7-15-13(8-10)12(3)17(23-15)18(22)21-19-20-14-6-4-11(2)9-16(14)24-19/h5,7-8,11H,4,6,9H2,1-3H3,(H,20,21,22)/t11-/m1/s1. The van der Waals surface area contributed by atoms with Gasteiger partial charge in [0.25, 0.3) is 5.91 Å². The first kappa shape index (κ1) is 15.4. The third-order valence-corrected chi connectivity index (χ3v) is 5.74. The predicted molar refractivity (Wildman–Crippen MR) is 96.9 cm³/mol. The molecule has 24 heavy (non-hydrogen) atoms. The Morgan fingerprint density at radius 1 is 1.38 bits per heavy atom. The van der Waals surface area contributed by atoms with Gasteiger partial charge < -0.3 is 4.42 Å². The highest BCUT2D eigenvalue weighted by Crippen LogP contribution is 2.33. The number of furan rings is 1. The molecule has 3 aromatic rings. The van der Waals surface area contributed by atoms with Crippen molar-refractivity contribution < 1.29 is 9.21 Å². The van der Waals surface area contributed by atoms with E-state index in [1.807, 2.05) is 26.0 Å². The van der Waals surface area contributed by atoms with Gasteiger partial charge in [-0.3, -0.25) is 10.1 Å². The average Bonchev–Trinajstić information content (AvgIpc) is 3.08. The average molecular weight is 340 g/mol.